The molecule has 0 N–H and O–H groups in total. The van der Waals surface area contributed by atoms with Crippen molar-refractivity contribution in [3.63, 3.8) is 0 Å². The Labute approximate surface area is 106 Å². The van der Waals surface area contributed by atoms with Crippen LogP contribution in [0.4, 0.5) is 0 Å². The van der Waals surface area contributed by atoms with Crippen LogP contribution < -0.4 is 0 Å². The van der Waals surface area contributed by atoms with Crippen LogP contribution in [0, 0.1) is 5.92 Å². The van der Waals surface area contributed by atoms with Crippen molar-refractivity contribution in [3.05, 3.63) is 28.5 Å². The maximum Gasteiger partial charge on any atom is 0.0732 e. The van der Waals surface area contributed by atoms with Crippen molar-refractivity contribution in [3.8, 4) is 0 Å². The molecule has 2 rings (SSSR count). The van der Waals surface area contributed by atoms with Crippen LogP contribution in [0.5, 0.6) is 0 Å². The van der Waals surface area contributed by atoms with Crippen LogP contribution in [0.3, 0.4) is 0 Å². The molecule has 0 aliphatic heterocycles. The zero-order valence-electron chi connectivity index (χ0n) is 9.49. The molecule has 1 fully saturated rings. The second-order valence-electron chi connectivity index (χ2n) is 4.53. The molecule has 0 unspecified atom stereocenters. The van der Waals surface area contributed by atoms with E-state index < -0.39 is 0 Å². The van der Waals surface area contributed by atoms with E-state index >= 15 is 0 Å². The third-order valence-electron chi connectivity index (χ3n) is 3.11. The van der Waals surface area contributed by atoms with E-state index in [2.05, 4.69) is 27.0 Å². The zero-order valence-corrected chi connectivity index (χ0v) is 11.1. The molecule has 16 heavy (non-hydrogen) atoms. The van der Waals surface area contributed by atoms with Gasteiger partial charge in [-0.3, -0.25) is 4.98 Å². The van der Waals surface area contributed by atoms with Crippen molar-refractivity contribution >= 4 is 15.9 Å². The first-order valence-corrected chi connectivity index (χ1v) is 6.81. The summed E-state index contributed by atoms with van der Waals surface area (Å²) in [6, 6.07) is 2.06. The molecule has 1 aliphatic rings. The van der Waals surface area contributed by atoms with E-state index in [1.807, 2.05) is 6.20 Å². The summed E-state index contributed by atoms with van der Waals surface area (Å²) in [6.45, 7) is 1.59. The average molecular weight is 284 g/mol. The lowest BCUT2D eigenvalue weighted by Gasteiger charge is -2.21. The monoisotopic (exact) mass is 283 g/mol. The van der Waals surface area contributed by atoms with Crippen molar-refractivity contribution in [2.24, 2.45) is 5.92 Å². The third kappa shape index (κ3) is 3.87. The van der Waals surface area contributed by atoms with Gasteiger partial charge in [-0.2, -0.15) is 0 Å². The van der Waals surface area contributed by atoms with Gasteiger partial charge in [0.25, 0.3) is 0 Å². The molecule has 1 aliphatic carbocycles. The maximum atomic E-state index is 5.75. The Morgan fingerprint density at radius 3 is 2.81 bits per heavy atom. The summed E-state index contributed by atoms with van der Waals surface area (Å²) in [5.41, 5.74) is 1.14. The van der Waals surface area contributed by atoms with Gasteiger partial charge in [-0.05, 0) is 46.3 Å². The molecule has 88 valence electrons. The second kappa shape index (κ2) is 6.36. The molecule has 0 aromatic carbocycles. The molecule has 0 saturated heterocycles. The van der Waals surface area contributed by atoms with E-state index in [4.69, 9.17) is 4.74 Å². The van der Waals surface area contributed by atoms with E-state index in [9.17, 15) is 0 Å². The number of pyridine rings is 1. The highest BCUT2D eigenvalue weighted by atomic mass is 79.9. The molecule has 0 spiro atoms. The lowest BCUT2D eigenvalue weighted by Crippen LogP contribution is -2.13. The summed E-state index contributed by atoms with van der Waals surface area (Å²) in [7, 11) is 0. The van der Waals surface area contributed by atoms with Gasteiger partial charge >= 0.3 is 0 Å². The summed E-state index contributed by atoms with van der Waals surface area (Å²) in [6.07, 6.45) is 10.5. The normalized spacial score (nSPS) is 17.6. The number of ether oxygens (including phenoxy) is 1. The van der Waals surface area contributed by atoms with Gasteiger partial charge in [-0.15, -0.1) is 0 Å². The molecule has 0 radical (unpaired) electrons. The summed E-state index contributed by atoms with van der Waals surface area (Å²) in [5, 5.41) is 0. The van der Waals surface area contributed by atoms with E-state index in [-0.39, 0.29) is 0 Å². The minimum absolute atomic E-state index is 0.683. The Hall–Kier alpha value is -0.410. The number of rotatable bonds is 4. The highest BCUT2D eigenvalue weighted by Crippen LogP contribution is 2.24. The lowest BCUT2D eigenvalue weighted by atomic mass is 9.90. The van der Waals surface area contributed by atoms with Gasteiger partial charge in [0.1, 0.15) is 0 Å². The number of hydrogen-bond donors (Lipinski definition) is 0. The fraction of sp³-hybridized carbons (Fsp3) is 0.615. The number of nitrogens with zero attached hydrogens (tertiary/aromatic N) is 1. The number of hydrogen-bond acceptors (Lipinski definition) is 2. The van der Waals surface area contributed by atoms with Crippen LogP contribution in [0.2, 0.25) is 0 Å². The lowest BCUT2D eigenvalue weighted by molar-refractivity contribution is 0.0737. The van der Waals surface area contributed by atoms with Gasteiger partial charge in [0, 0.05) is 23.5 Å². The summed E-state index contributed by atoms with van der Waals surface area (Å²) < 4.78 is 6.77. The molecule has 0 amide bonds. The highest BCUT2D eigenvalue weighted by molar-refractivity contribution is 9.10. The van der Waals surface area contributed by atoms with Crippen LogP contribution in [-0.4, -0.2) is 11.6 Å². The summed E-state index contributed by atoms with van der Waals surface area (Å²) in [4.78, 5) is 4.12. The summed E-state index contributed by atoms with van der Waals surface area (Å²) >= 11 is 3.41. The minimum atomic E-state index is 0.683. The predicted octanol–water partition coefficient (Wildman–Crippen LogP) is 3.94. The van der Waals surface area contributed by atoms with Crippen molar-refractivity contribution in [1.82, 2.24) is 4.98 Å². The Balaban J connectivity index is 1.71. The molecule has 2 nitrogen and oxygen atoms in total. The van der Waals surface area contributed by atoms with Crippen molar-refractivity contribution in [2.75, 3.05) is 6.61 Å². The van der Waals surface area contributed by atoms with Crippen molar-refractivity contribution < 1.29 is 4.74 Å². The van der Waals surface area contributed by atoms with Crippen molar-refractivity contribution in [2.45, 2.75) is 38.7 Å². The molecular formula is C13H18BrNO. The number of halogens is 1. The van der Waals surface area contributed by atoms with E-state index in [0.29, 0.717) is 6.61 Å². The quantitative estimate of drug-likeness (QED) is 0.835. The number of aromatic nitrogens is 1. The van der Waals surface area contributed by atoms with E-state index in [1.54, 1.807) is 6.20 Å². The first kappa shape index (κ1) is 12.1. The maximum absolute atomic E-state index is 5.75. The van der Waals surface area contributed by atoms with Crippen molar-refractivity contribution in [1.29, 1.82) is 0 Å². The SMILES string of the molecule is Brc1cncc(COCC2CCCCC2)c1. The molecule has 1 heterocycles. The topological polar surface area (TPSA) is 22.1 Å². The van der Waals surface area contributed by atoms with Gasteiger partial charge in [0.05, 0.1) is 6.61 Å². The van der Waals surface area contributed by atoms with Gasteiger partial charge in [-0.1, -0.05) is 19.3 Å². The zero-order chi connectivity index (χ0) is 11.2. The first-order valence-electron chi connectivity index (χ1n) is 6.02. The smallest absolute Gasteiger partial charge is 0.0732 e. The van der Waals surface area contributed by atoms with Crippen LogP contribution in [-0.2, 0) is 11.3 Å². The molecule has 0 bridgehead atoms. The molecule has 3 heteroatoms. The highest BCUT2D eigenvalue weighted by Gasteiger charge is 2.13. The predicted molar refractivity (Wildman–Crippen MR) is 68.2 cm³/mol. The van der Waals surface area contributed by atoms with Crippen LogP contribution in [0.25, 0.3) is 0 Å². The Morgan fingerprint density at radius 2 is 2.06 bits per heavy atom. The van der Waals surface area contributed by atoms with Crippen LogP contribution in [0.15, 0.2) is 22.9 Å². The van der Waals surface area contributed by atoms with Crippen LogP contribution in [0.1, 0.15) is 37.7 Å². The molecule has 0 atom stereocenters. The van der Waals surface area contributed by atoms with Gasteiger partial charge in [0.2, 0.25) is 0 Å². The van der Waals surface area contributed by atoms with Gasteiger partial charge in [0.15, 0.2) is 0 Å². The van der Waals surface area contributed by atoms with Gasteiger partial charge in [-0.25, -0.2) is 0 Å². The Bertz CT molecular complexity index is 323. The first-order chi connectivity index (χ1) is 7.84. The van der Waals surface area contributed by atoms with E-state index in [1.165, 1.54) is 32.1 Å². The largest absolute Gasteiger partial charge is 0.376 e. The molecular weight excluding hydrogens is 266 g/mol. The van der Waals surface area contributed by atoms with Gasteiger partial charge < -0.3 is 4.74 Å². The Morgan fingerprint density at radius 1 is 1.25 bits per heavy atom. The molecule has 1 aromatic rings. The van der Waals surface area contributed by atoms with Crippen LogP contribution >= 0.6 is 15.9 Å². The Kier molecular flexibility index (Phi) is 4.79. The fourth-order valence-corrected chi connectivity index (χ4v) is 2.64. The third-order valence-corrected chi connectivity index (χ3v) is 3.54. The second-order valence-corrected chi connectivity index (χ2v) is 5.45. The molecule has 1 saturated carbocycles. The van der Waals surface area contributed by atoms with E-state index in [0.717, 1.165) is 22.6 Å². The standard InChI is InChI=1S/C13H18BrNO/c14-13-6-12(7-15-8-13)10-16-9-11-4-2-1-3-5-11/h6-8,11H,1-5,9-10H2. The summed E-state index contributed by atoms with van der Waals surface area (Å²) in [5.74, 6) is 0.786. The fourth-order valence-electron chi connectivity index (χ4n) is 2.23. The molecule has 1 aromatic heterocycles. The average Bonchev–Trinajstić information content (AvgIpc) is 2.30. The minimum Gasteiger partial charge on any atom is -0.376 e.